The highest BCUT2D eigenvalue weighted by atomic mass is 32.2. The average molecular weight is 288 g/mol. The lowest BCUT2D eigenvalue weighted by molar-refractivity contribution is -0.142. The van der Waals surface area contributed by atoms with E-state index in [-0.39, 0.29) is 11.4 Å². The second-order valence-electron chi connectivity index (χ2n) is 3.61. The van der Waals surface area contributed by atoms with Crippen LogP contribution in [0, 0.1) is 0 Å². The van der Waals surface area contributed by atoms with Crippen molar-refractivity contribution in [3.8, 4) is 5.75 Å². The lowest BCUT2D eigenvalue weighted by atomic mass is 10.3. The SMILES string of the molecule is COC(=O)C(CN)NS(=O)(=O)c1ccc(OC)cc1. The third-order valence-corrected chi connectivity index (χ3v) is 3.88. The largest absolute Gasteiger partial charge is 0.497 e. The first kappa shape index (κ1) is 15.4. The minimum absolute atomic E-state index is 0.00986. The molecule has 0 aliphatic heterocycles. The number of carbonyl (C=O) groups is 1. The summed E-state index contributed by atoms with van der Waals surface area (Å²) in [5, 5.41) is 0. The van der Waals surface area contributed by atoms with E-state index >= 15 is 0 Å². The molecule has 0 aliphatic rings. The minimum Gasteiger partial charge on any atom is -0.497 e. The number of sulfonamides is 1. The summed E-state index contributed by atoms with van der Waals surface area (Å²) in [4.78, 5) is 11.3. The molecule has 1 aromatic rings. The Morgan fingerprint density at radius 2 is 1.89 bits per heavy atom. The van der Waals surface area contributed by atoms with Crippen LogP contribution in [0.4, 0.5) is 0 Å². The van der Waals surface area contributed by atoms with Gasteiger partial charge in [-0.25, -0.2) is 8.42 Å². The number of esters is 1. The number of benzene rings is 1. The van der Waals surface area contributed by atoms with Gasteiger partial charge in [0.1, 0.15) is 11.8 Å². The number of ether oxygens (including phenoxy) is 2. The van der Waals surface area contributed by atoms with Crippen LogP contribution < -0.4 is 15.2 Å². The fraction of sp³-hybridized carbons (Fsp3) is 0.364. The molecule has 0 bridgehead atoms. The summed E-state index contributed by atoms with van der Waals surface area (Å²) in [6.45, 7) is -0.192. The van der Waals surface area contributed by atoms with E-state index < -0.39 is 22.0 Å². The normalized spacial score (nSPS) is 12.8. The van der Waals surface area contributed by atoms with Gasteiger partial charge in [-0.3, -0.25) is 4.79 Å². The van der Waals surface area contributed by atoms with Crippen molar-refractivity contribution in [1.29, 1.82) is 0 Å². The van der Waals surface area contributed by atoms with E-state index in [4.69, 9.17) is 10.5 Å². The zero-order valence-electron chi connectivity index (χ0n) is 10.6. The van der Waals surface area contributed by atoms with Gasteiger partial charge in [-0.05, 0) is 24.3 Å². The van der Waals surface area contributed by atoms with Crippen LogP contribution in [0.3, 0.4) is 0 Å². The summed E-state index contributed by atoms with van der Waals surface area (Å²) in [5.41, 5.74) is 5.33. The van der Waals surface area contributed by atoms with E-state index in [1.165, 1.54) is 31.4 Å². The van der Waals surface area contributed by atoms with Crippen LogP contribution in [-0.2, 0) is 19.6 Å². The molecule has 0 saturated carbocycles. The first-order chi connectivity index (χ1) is 8.94. The Morgan fingerprint density at radius 3 is 2.32 bits per heavy atom. The maximum absolute atomic E-state index is 12.0. The van der Waals surface area contributed by atoms with Crippen molar-refractivity contribution in [3.63, 3.8) is 0 Å². The molecule has 0 aliphatic carbocycles. The van der Waals surface area contributed by atoms with Crippen LogP contribution in [0.2, 0.25) is 0 Å². The van der Waals surface area contributed by atoms with Crippen molar-refractivity contribution in [2.45, 2.75) is 10.9 Å². The molecule has 1 rings (SSSR count). The molecule has 1 aromatic carbocycles. The number of rotatable bonds is 6. The molecule has 0 saturated heterocycles. The third kappa shape index (κ3) is 3.91. The maximum Gasteiger partial charge on any atom is 0.325 e. The first-order valence-corrected chi connectivity index (χ1v) is 6.87. The van der Waals surface area contributed by atoms with Crippen molar-refractivity contribution in [3.05, 3.63) is 24.3 Å². The van der Waals surface area contributed by atoms with Gasteiger partial charge in [0, 0.05) is 6.54 Å². The van der Waals surface area contributed by atoms with Crippen LogP contribution in [0.25, 0.3) is 0 Å². The molecule has 0 radical (unpaired) electrons. The quantitative estimate of drug-likeness (QED) is 0.682. The van der Waals surface area contributed by atoms with E-state index in [0.29, 0.717) is 5.75 Å². The van der Waals surface area contributed by atoms with Gasteiger partial charge in [-0.15, -0.1) is 0 Å². The van der Waals surface area contributed by atoms with Gasteiger partial charge in [0.25, 0.3) is 0 Å². The minimum atomic E-state index is -3.84. The third-order valence-electron chi connectivity index (χ3n) is 2.39. The zero-order chi connectivity index (χ0) is 14.5. The molecule has 0 aromatic heterocycles. The molecule has 0 fully saturated rings. The number of hydrogen-bond donors (Lipinski definition) is 2. The number of carbonyl (C=O) groups excluding carboxylic acids is 1. The first-order valence-electron chi connectivity index (χ1n) is 5.39. The van der Waals surface area contributed by atoms with E-state index in [9.17, 15) is 13.2 Å². The molecule has 7 nitrogen and oxygen atoms in total. The van der Waals surface area contributed by atoms with Gasteiger partial charge in [-0.1, -0.05) is 0 Å². The van der Waals surface area contributed by atoms with Gasteiger partial charge in [0.05, 0.1) is 19.1 Å². The van der Waals surface area contributed by atoms with Crippen molar-refractivity contribution in [2.24, 2.45) is 5.73 Å². The second-order valence-corrected chi connectivity index (χ2v) is 5.32. The number of nitrogens with two attached hydrogens (primary N) is 1. The Labute approximate surface area is 111 Å². The highest BCUT2D eigenvalue weighted by molar-refractivity contribution is 7.89. The van der Waals surface area contributed by atoms with E-state index in [1.54, 1.807) is 0 Å². The lowest BCUT2D eigenvalue weighted by Gasteiger charge is -2.14. The summed E-state index contributed by atoms with van der Waals surface area (Å²) in [6.07, 6.45) is 0. The molecule has 1 atom stereocenters. The van der Waals surface area contributed by atoms with E-state index in [1.807, 2.05) is 0 Å². The molecular formula is C11H16N2O5S. The predicted molar refractivity (Wildman–Crippen MR) is 68.2 cm³/mol. The van der Waals surface area contributed by atoms with Gasteiger partial charge < -0.3 is 15.2 Å². The topological polar surface area (TPSA) is 108 Å². The highest BCUT2D eigenvalue weighted by Crippen LogP contribution is 2.15. The fourth-order valence-electron chi connectivity index (χ4n) is 1.34. The van der Waals surface area contributed by atoms with Gasteiger partial charge >= 0.3 is 5.97 Å². The molecule has 0 spiro atoms. The molecular weight excluding hydrogens is 272 g/mol. The van der Waals surface area contributed by atoms with Crippen LogP contribution in [0.1, 0.15) is 0 Å². The molecule has 8 heteroatoms. The highest BCUT2D eigenvalue weighted by Gasteiger charge is 2.25. The maximum atomic E-state index is 12.0. The smallest absolute Gasteiger partial charge is 0.325 e. The van der Waals surface area contributed by atoms with Crippen molar-refractivity contribution >= 4 is 16.0 Å². The number of nitrogens with one attached hydrogen (secondary N) is 1. The Hall–Kier alpha value is -1.64. The van der Waals surface area contributed by atoms with Crippen molar-refractivity contribution < 1.29 is 22.7 Å². The number of methoxy groups -OCH3 is 2. The monoisotopic (exact) mass is 288 g/mol. The summed E-state index contributed by atoms with van der Waals surface area (Å²) in [7, 11) is -1.20. The van der Waals surface area contributed by atoms with Crippen molar-refractivity contribution in [1.82, 2.24) is 4.72 Å². The summed E-state index contributed by atoms with van der Waals surface area (Å²) in [6, 6.07) is 4.63. The summed E-state index contributed by atoms with van der Waals surface area (Å²) < 4.78 is 35.6. The zero-order valence-corrected chi connectivity index (χ0v) is 11.4. The number of hydrogen-bond acceptors (Lipinski definition) is 6. The molecule has 0 heterocycles. The Morgan fingerprint density at radius 1 is 1.32 bits per heavy atom. The van der Waals surface area contributed by atoms with Crippen LogP contribution >= 0.6 is 0 Å². The van der Waals surface area contributed by atoms with Crippen molar-refractivity contribution in [2.75, 3.05) is 20.8 Å². The molecule has 19 heavy (non-hydrogen) atoms. The molecule has 106 valence electrons. The van der Waals surface area contributed by atoms with Gasteiger partial charge in [-0.2, -0.15) is 4.72 Å². The van der Waals surface area contributed by atoms with E-state index in [2.05, 4.69) is 9.46 Å². The predicted octanol–water partition coefficient (Wildman–Crippen LogP) is -0.526. The summed E-state index contributed by atoms with van der Waals surface area (Å²) in [5.74, 6) is -0.207. The Kier molecular flexibility index (Phi) is 5.28. The Bertz CT molecular complexity index is 527. The lowest BCUT2D eigenvalue weighted by Crippen LogP contribution is -2.46. The van der Waals surface area contributed by atoms with E-state index in [0.717, 1.165) is 7.11 Å². The van der Waals surface area contributed by atoms with Gasteiger partial charge in [0.2, 0.25) is 10.0 Å². The standard InChI is InChI=1S/C11H16N2O5S/c1-17-8-3-5-9(6-4-8)19(15,16)13-10(7-12)11(14)18-2/h3-6,10,13H,7,12H2,1-2H3. The van der Waals surface area contributed by atoms with Crippen LogP contribution in [0.5, 0.6) is 5.75 Å². The average Bonchev–Trinajstić information content (AvgIpc) is 2.44. The Balaban J connectivity index is 2.93. The van der Waals surface area contributed by atoms with Crippen LogP contribution in [-0.4, -0.2) is 41.2 Å². The molecule has 0 amide bonds. The molecule has 3 N–H and O–H groups in total. The fourth-order valence-corrected chi connectivity index (χ4v) is 2.54. The second kappa shape index (κ2) is 6.50. The molecule has 1 unspecified atom stereocenters. The van der Waals surface area contributed by atoms with Gasteiger partial charge in [0.15, 0.2) is 0 Å². The van der Waals surface area contributed by atoms with Crippen LogP contribution in [0.15, 0.2) is 29.2 Å². The summed E-state index contributed by atoms with van der Waals surface area (Å²) >= 11 is 0.